The number of para-hydroxylation sites is 2. The first kappa shape index (κ1) is 36.8. The molecule has 0 radical (unpaired) electrons. The average molecular weight is 837 g/mol. The van der Waals surface area contributed by atoms with E-state index in [9.17, 15) is 0 Å². The molecule has 1 aliphatic rings. The van der Waals surface area contributed by atoms with Gasteiger partial charge in [0.15, 0.2) is 0 Å². The van der Waals surface area contributed by atoms with Crippen molar-refractivity contribution in [3.63, 3.8) is 0 Å². The summed E-state index contributed by atoms with van der Waals surface area (Å²) in [5.41, 5.74) is 18.2. The van der Waals surface area contributed by atoms with E-state index in [4.69, 9.17) is 4.98 Å². The Bertz CT molecular complexity index is 4000. The highest BCUT2D eigenvalue weighted by molar-refractivity contribution is 6.22. The topological polar surface area (TPSA) is 17.8 Å². The second-order valence-corrected chi connectivity index (χ2v) is 17.8. The highest BCUT2D eigenvalue weighted by Gasteiger charge is 2.29. The van der Waals surface area contributed by atoms with E-state index in [1.165, 1.54) is 104 Å². The third-order valence-corrected chi connectivity index (χ3v) is 14.3. The number of nitrogens with zero attached hydrogens (tertiary/aromatic N) is 2. The molecule has 11 aromatic carbocycles. The van der Waals surface area contributed by atoms with Crippen LogP contribution in [0.15, 0.2) is 237 Å². The molecule has 2 nitrogen and oxygen atoms in total. The van der Waals surface area contributed by atoms with Crippen molar-refractivity contribution < 1.29 is 0 Å². The highest BCUT2D eigenvalue weighted by atomic mass is 15.0. The molecule has 13 aromatic rings. The van der Waals surface area contributed by atoms with Crippen LogP contribution in [0.4, 0.5) is 0 Å². The number of pyridine rings is 1. The Labute approximate surface area is 382 Å². The molecule has 0 spiro atoms. The normalized spacial score (nSPS) is 12.5. The van der Waals surface area contributed by atoms with E-state index in [1.807, 2.05) is 0 Å². The fraction of sp³-hybridized carbons (Fsp3) is 0.0156. The summed E-state index contributed by atoms with van der Waals surface area (Å²) in [5.74, 6) is 0.196. The van der Waals surface area contributed by atoms with Crippen LogP contribution in [0.3, 0.4) is 0 Å². The molecule has 2 heterocycles. The molecule has 306 valence electrons. The van der Waals surface area contributed by atoms with Crippen LogP contribution < -0.4 is 0 Å². The lowest BCUT2D eigenvalue weighted by Crippen LogP contribution is -1.99. The Balaban J connectivity index is 0.976. The van der Waals surface area contributed by atoms with Gasteiger partial charge in [0.1, 0.15) is 0 Å². The van der Waals surface area contributed by atoms with Crippen LogP contribution >= 0.6 is 0 Å². The monoisotopic (exact) mass is 836 g/mol. The van der Waals surface area contributed by atoms with Gasteiger partial charge in [-0.25, -0.2) is 4.98 Å². The molecular formula is C64H40N2. The molecule has 0 atom stereocenters. The van der Waals surface area contributed by atoms with Crippen LogP contribution in [0, 0.1) is 0 Å². The fourth-order valence-electron chi connectivity index (χ4n) is 11.3. The van der Waals surface area contributed by atoms with Crippen LogP contribution in [-0.4, -0.2) is 9.55 Å². The first-order valence-corrected chi connectivity index (χ1v) is 22.9. The summed E-state index contributed by atoms with van der Waals surface area (Å²) >= 11 is 0. The minimum absolute atomic E-state index is 0.196. The standard InChI is InChI=1S/C64H40N2/c1-2-14-47-40(13-1)25-30-44-34-38-58(65-64(44)47)45-33-37-56-57(39-45)63(43-31-35-46(36-32-43)66-59-23-11-9-17-50(59)51-18-10-12-24-60(51)66)55-22-8-7-21-54(55)62(56)42-28-26-41(27-29-42)61-52-19-5-3-15-48(52)49-16-4-6-20-53(49)61/h1-39,61H. The molecule has 66 heavy (non-hydrogen) atoms. The molecule has 0 N–H and O–H groups in total. The van der Waals surface area contributed by atoms with Crippen LogP contribution in [0.25, 0.3) is 115 Å². The van der Waals surface area contributed by atoms with Crippen molar-refractivity contribution in [3.05, 3.63) is 253 Å². The second kappa shape index (κ2) is 14.5. The van der Waals surface area contributed by atoms with Crippen LogP contribution in [0.1, 0.15) is 22.6 Å². The molecule has 2 heteroatoms. The van der Waals surface area contributed by atoms with Gasteiger partial charge >= 0.3 is 0 Å². The first-order valence-electron chi connectivity index (χ1n) is 22.9. The van der Waals surface area contributed by atoms with Gasteiger partial charge in [-0.3, -0.25) is 0 Å². The van der Waals surface area contributed by atoms with Crippen molar-refractivity contribution in [3.8, 4) is 50.3 Å². The average Bonchev–Trinajstić information content (AvgIpc) is 3.91. The predicted octanol–water partition coefficient (Wildman–Crippen LogP) is 17.0. The van der Waals surface area contributed by atoms with E-state index in [2.05, 4.69) is 241 Å². The zero-order chi connectivity index (χ0) is 43.3. The molecule has 1 aliphatic carbocycles. The summed E-state index contributed by atoms with van der Waals surface area (Å²) in [5, 5.41) is 10.9. The van der Waals surface area contributed by atoms with Crippen molar-refractivity contribution >= 4 is 65.0 Å². The second-order valence-electron chi connectivity index (χ2n) is 17.8. The predicted molar refractivity (Wildman–Crippen MR) is 278 cm³/mol. The van der Waals surface area contributed by atoms with Crippen LogP contribution in [0.2, 0.25) is 0 Å². The van der Waals surface area contributed by atoms with E-state index >= 15 is 0 Å². The number of hydrogen-bond acceptors (Lipinski definition) is 1. The summed E-state index contributed by atoms with van der Waals surface area (Å²) in [4.78, 5) is 5.39. The lowest BCUT2D eigenvalue weighted by Gasteiger charge is -2.20. The maximum Gasteiger partial charge on any atom is 0.0787 e. The van der Waals surface area contributed by atoms with Gasteiger partial charge in [-0.15, -0.1) is 0 Å². The molecule has 0 saturated carbocycles. The summed E-state index contributed by atoms with van der Waals surface area (Å²) < 4.78 is 2.40. The highest BCUT2D eigenvalue weighted by Crippen LogP contribution is 2.49. The first-order chi connectivity index (χ1) is 32.7. The Morgan fingerprint density at radius 2 is 0.818 bits per heavy atom. The fourth-order valence-corrected chi connectivity index (χ4v) is 11.3. The Hall–Kier alpha value is -8.59. The molecule has 0 fully saturated rings. The Kier molecular flexibility index (Phi) is 8.08. The Morgan fingerprint density at radius 1 is 0.333 bits per heavy atom. The largest absolute Gasteiger partial charge is 0.309 e. The number of rotatable bonds is 5. The molecule has 0 saturated heterocycles. The van der Waals surface area contributed by atoms with Gasteiger partial charge in [0, 0.05) is 38.7 Å². The summed E-state index contributed by atoms with van der Waals surface area (Å²) in [6.45, 7) is 0. The SMILES string of the molecule is c1ccc2c(c1)-c1ccccc1C2c1ccc(-c2c3ccccc3c(-c3ccc(-n4c5ccccc5c5ccccc54)cc3)c3cc(-c4ccc5ccc6ccccc6c5n4)ccc23)cc1. The van der Waals surface area contributed by atoms with Crippen molar-refractivity contribution in [2.24, 2.45) is 0 Å². The summed E-state index contributed by atoms with van der Waals surface area (Å²) in [6, 6.07) is 87.2. The zero-order valence-corrected chi connectivity index (χ0v) is 36.0. The van der Waals surface area contributed by atoms with Crippen LogP contribution in [-0.2, 0) is 0 Å². The van der Waals surface area contributed by atoms with Gasteiger partial charge < -0.3 is 4.57 Å². The summed E-state index contributed by atoms with van der Waals surface area (Å²) in [6.07, 6.45) is 0. The molecule has 0 aliphatic heterocycles. The third-order valence-electron chi connectivity index (χ3n) is 14.3. The van der Waals surface area contributed by atoms with E-state index in [0.29, 0.717) is 0 Å². The van der Waals surface area contributed by atoms with Gasteiger partial charge in [0.05, 0.1) is 22.2 Å². The number of fused-ring (bicyclic) bond motifs is 11. The molecule has 0 unspecified atom stereocenters. The maximum atomic E-state index is 5.39. The van der Waals surface area contributed by atoms with Gasteiger partial charge in [-0.1, -0.05) is 200 Å². The van der Waals surface area contributed by atoms with Crippen molar-refractivity contribution in [2.75, 3.05) is 0 Å². The number of benzene rings is 11. The van der Waals surface area contributed by atoms with E-state index < -0.39 is 0 Å². The van der Waals surface area contributed by atoms with Crippen molar-refractivity contribution in [1.29, 1.82) is 0 Å². The minimum Gasteiger partial charge on any atom is -0.309 e. The smallest absolute Gasteiger partial charge is 0.0787 e. The Morgan fingerprint density at radius 3 is 1.48 bits per heavy atom. The molecule has 2 aromatic heterocycles. The lowest BCUT2D eigenvalue weighted by atomic mass is 9.84. The van der Waals surface area contributed by atoms with Gasteiger partial charge in [-0.2, -0.15) is 0 Å². The van der Waals surface area contributed by atoms with Crippen molar-refractivity contribution in [2.45, 2.75) is 5.92 Å². The molecular weight excluding hydrogens is 797 g/mol. The number of aromatic nitrogens is 2. The van der Waals surface area contributed by atoms with E-state index in [-0.39, 0.29) is 5.92 Å². The van der Waals surface area contributed by atoms with Gasteiger partial charge in [-0.05, 0) is 113 Å². The molecule has 14 rings (SSSR count). The van der Waals surface area contributed by atoms with Crippen molar-refractivity contribution in [1.82, 2.24) is 9.55 Å². The summed E-state index contributed by atoms with van der Waals surface area (Å²) in [7, 11) is 0. The molecule has 0 bridgehead atoms. The number of hydrogen-bond donors (Lipinski definition) is 0. The maximum absolute atomic E-state index is 5.39. The zero-order valence-electron chi connectivity index (χ0n) is 36.0. The quantitative estimate of drug-likeness (QED) is 0.125. The lowest BCUT2D eigenvalue weighted by molar-refractivity contribution is 1.02. The van der Waals surface area contributed by atoms with Crippen LogP contribution in [0.5, 0.6) is 0 Å². The van der Waals surface area contributed by atoms with Gasteiger partial charge in [0.2, 0.25) is 0 Å². The third kappa shape index (κ3) is 5.52. The van der Waals surface area contributed by atoms with E-state index in [0.717, 1.165) is 27.8 Å². The molecule has 0 amide bonds. The van der Waals surface area contributed by atoms with Gasteiger partial charge in [0.25, 0.3) is 0 Å². The van der Waals surface area contributed by atoms with E-state index in [1.54, 1.807) is 0 Å². The minimum atomic E-state index is 0.196.